The first-order chi connectivity index (χ1) is 11.2. The highest BCUT2D eigenvalue weighted by molar-refractivity contribution is 5.90. The third kappa shape index (κ3) is 6.89. The number of anilines is 1. The molecule has 24 heavy (non-hydrogen) atoms. The van der Waals surface area contributed by atoms with Gasteiger partial charge in [-0.3, -0.25) is 4.79 Å². The number of nitrogens with one attached hydrogen (secondary N) is 2. The van der Waals surface area contributed by atoms with Crippen LogP contribution in [0.4, 0.5) is 5.69 Å². The van der Waals surface area contributed by atoms with Gasteiger partial charge in [-0.15, -0.1) is 0 Å². The van der Waals surface area contributed by atoms with Gasteiger partial charge in [0.05, 0.1) is 0 Å². The van der Waals surface area contributed by atoms with Crippen LogP contribution in [0.15, 0.2) is 18.2 Å². The number of carbonyl (C=O) groups is 1. The summed E-state index contributed by atoms with van der Waals surface area (Å²) in [5.74, 6) is 0.734. The summed E-state index contributed by atoms with van der Waals surface area (Å²) in [6.07, 6.45) is 0.634. The number of amides is 1. The normalized spacial score (nSPS) is 14.1. The van der Waals surface area contributed by atoms with Gasteiger partial charge in [-0.2, -0.15) is 0 Å². The molecule has 0 bridgehead atoms. The number of carbonyl (C=O) groups excluding carboxylic acids is 1. The molecule has 0 radical (unpaired) electrons. The van der Waals surface area contributed by atoms with Crippen LogP contribution in [0.3, 0.4) is 0 Å². The molecule has 2 atom stereocenters. The van der Waals surface area contributed by atoms with Crippen molar-refractivity contribution in [3.05, 3.63) is 23.8 Å². The van der Waals surface area contributed by atoms with E-state index in [1.165, 1.54) is 0 Å². The zero-order valence-electron chi connectivity index (χ0n) is 15.8. The summed E-state index contributed by atoms with van der Waals surface area (Å²) in [7, 11) is 0. The molecular formula is C19H32N2O3. The number of aliphatic hydroxyl groups excluding tert-OH is 1. The molecule has 0 fully saturated rings. The predicted molar refractivity (Wildman–Crippen MR) is 98.6 cm³/mol. The second-order valence-corrected chi connectivity index (χ2v) is 7.14. The molecule has 0 saturated heterocycles. The molecule has 1 aromatic carbocycles. The van der Waals surface area contributed by atoms with Gasteiger partial charge >= 0.3 is 0 Å². The Hall–Kier alpha value is -1.59. The number of aryl methyl sites for hydroxylation is 1. The lowest BCUT2D eigenvalue weighted by Gasteiger charge is -2.29. The van der Waals surface area contributed by atoms with Crippen LogP contribution < -0.4 is 15.4 Å². The molecule has 5 heteroatoms. The van der Waals surface area contributed by atoms with Crippen molar-refractivity contribution in [2.45, 2.75) is 72.1 Å². The van der Waals surface area contributed by atoms with Gasteiger partial charge in [-0.1, -0.05) is 13.8 Å². The largest absolute Gasteiger partial charge is 0.491 e. The molecule has 0 spiro atoms. The Bertz CT molecular complexity index is 538. The van der Waals surface area contributed by atoms with Crippen LogP contribution in [0.1, 0.15) is 53.5 Å². The minimum atomic E-state index is -0.603. The maximum absolute atomic E-state index is 11.5. The molecule has 0 heterocycles. The number of hydrogen-bond acceptors (Lipinski definition) is 4. The minimum absolute atomic E-state index is 0.0109. The van der Waals surface area contributed by atoms with Crippen molar-refractivity contribution in [2.24, 2.45) is 0 Å². The average Bonchev–Trinajstić information content (AvgIpc) is 2.51. The SMILES string of the molecule is CCC(=O)Nc1ccc(OCC(O)C(C)NC(C)(C)C)c(CC)c1. The Labute approximate surface area is 145 Å². The van der Waals surface area contributed by atoms with Crippen LogP contribution in [0.2, 0.25) is 0 Å². The lowest BCUT2D eigenvalue weighted by Crippen LogP contribution is -2.49. The van der Waals surface area contributed by atoms with E-state index in [9.17, 15) is 9.90 Å². The lowest BCUT2D eigenvalue weighted by molar-refractivity contribution is -0.115. The van der Waals surface area contributed by atoms with E-state index in [0.29, 0.717) is 6.42 Å². The van der Waals surface area contributed by atoms with E-state index < -0.39 is 6.10 Å². The molecule has 1 amide bonds. The molecule has 0 aliphatic heterocycles. The van der Waals surface area contributed by atoms with Gasteiger partial charge in [0.1, 0.15) is 18.5 Å². The summed E-state index contributed by atoms with van der Waals surface area (Å²) < 4.78 is 5.81. The standard InChI is InChI=1S/C19H32N2O3/c1-7-14-11-15(20-18(23)8-2)9-10-17(14)24-12-16(22)13(3)21-19(4,5)6/h9-11,13,16,21-22H,7-8,12H2,1-6H3,(H,20,23). The van der Waals surface area contributed by atoms with Crippen LogP contribution in [0, 0.1) is 0 Å². The Morgan fingerprint density at radius 1 is 1.29 bits per heavy atom. The Kier molecular flexibility index (Phi) is 7.70. The van der Waals surface area contributed by atoms with Crippen molar-refractivity contribution >= 4 is 11.6 Å². The van der Waals surface area contributed by atoms with E-state index in [1.807, 2.05) is 39.0 Å². The number of ether oxygens (including phenoxy) is 1. The summed E-state index contributed by atoms with van der Waals surface area (Å²) in [6, 6.07) is 5.52. The number of benzene rings is 1. The molecule has 1 aromatic rings. The third-order valence-electron chi connectivity index (χ3n) is 3.69. The molecule has 0 aliphatic rings. The molecule has 2 unspecified atom stereocenters. The van der Waals surface area contributed by atoms with Gasteiger partial charge in [0, 0.05) is 23.7 Å². The molecular weight excluding hydrogens is 304 g/mol. The van der Waals surface area contributed by atoms with Crippen LogP contribution in [-0.4, -0.2) is 35.3 Å². The quantitative estimate of drug-likeness (QED) is 0.682. The van der Waals surface area contributed by atoms with E-state index in [2.05, 4.69) is 31.4 Å². The Morgan fingerprint density at radius 3 is 2.50 bits per heavy atom. The molecule has 5 nitrogen and oxygen atoms in total. The fourth-order valence-corrected chi connectivity index (χ4v) is 2.42. The predicted octanol–water partition coefficient (Wildman–Crippen LogP) is 3.11. The van der Waals surface area contributed by atoms with E-state index in [4.69, 9.17) is 4.74 Å². The van der Waals surface area contributed by atoms with Gasteiger partial charge < -0.3 is 20.5 Å². The Balaban J connectivity index is 2.68. The maximum atomic E-state index is 11.5. The second-order valence-electron chi connectivity index (χ2n) is 7.14. The molecule has 0 aromatic heterocycles. The number of hydrogen-bond donors (Lipinski definition) is 3. The average molecular weight is 336 g/mol. The minimum Gasteiger partial charge on any atom is -0.491 e. The van der Waals surface area contributed by atoms with Crippen molar-refractivity contribution < 1.29 is 14.6 Å². The highest BCUT2D eigenvalue weighted by Crippen LogP contribution is 2.24. The molecule has 1 rings (SSSR count). The first kappa shape index (κ1) is 20.5. The van der Waals surface area contributed by atoms with Crippen molar-refractivity contribution in [1.82, 2.24) is 5.32 Å². The molecule has 3 N–H and O–H groups in total. The number of aliphatic hydroxyl groups is 1. The van der Waals surface area contributed by atoms with E-state index in [0.717, 1.165) is 23.4 Å². The molecule has 0 saturated carbocycles. The Morgan fingerprint density at radius 2 is 1.96 bits per heavy atom. The monoisotopic (exact) mass is 336 g/mol. The third-order valence-corrected chi connectivity index (χ3v) is 3.69. The van der Waals surface area contributed by atoms with Gasteiger partial charge in [-0.05, 0) is 57.9 Å². The van der Waals surface area contributed by atoms with E-state index >= 15 is 0 Å². The summed E-state index contributed by atoms with van der Waals surface area (Å²) in [5, 5.41) is 16.5. The highest BCUT2D eigenvalue weighted by atomic mass is 16.5. The van der Waals surface area contributed by atoms with E-state index in [1.54, 1.807) is 0 Å². The summed E-state index contributed by atoms with van der Waals surface area (Å²) >= 11 is 0. The second kappa shape index (κ2) is 9.04. The fourth-order valence-electron chi connectivity index (χ4n) is 2.42. The summed E-state index contributed by atoms with van der Waals surface area (Å²) in [5.41, 5.74) is 1.72. The van der Waals surface area contributed by atoms with Crippen molar-refractivity contribution in [3.8, 4) is 5.75 Å². The van der Waals surface area contributed by atoms with Crippen LogP contribution in [0.25, 0.3) is 0 Å². The zero-order chi connectivity index (χ0) is 18.3. The fraction of sp³-hybridized carbons (Fsp3) is 0.632. The summed E-state index contributed by atoms with van der Waals surface area (Å²) in [6.45, 7) is 12.2. The number of rotatable bonds is 8. The van der Waals surface area contributed by atoms with Crippen molar-refractivity contribution in [3.63, 3.8) is 0 Å². The molecule has 0 aliphatic carbocycles. The van der Waals surface area contributed by atoms with Crippen LogP contribution >= 0.6 is 0 Å². The topological polar surface area (TPSA) is 70.6 Å². The van der Waals surface area contributed by atoms with Crippen molar-refractivity contribution in [2.75, 3.05) is 11.9 Å². The smallest absolute Gasteiger partial charge is 0.224 e. The van der Waals surface area contributed by atoms with Crippen LogP contribution in [0.5, 0.6) is 5.75 Å². The first-order valence-electron chi connectivity index (χ1n) is 8.67. The van der Waals surface area contributed by atoms with Crippen LogP contribution in [-0.2, 0) is 11.2 Å². The zero-order valence-corrected chi connectivity index (χ0v) is 15.8. The van der Waals surface area contributed by atoms with Gasteiger partial charge in [-0.25, -0.2) is 0 Å². The first-order valence-corrected chi connectivity index (χ1v) is 8.67. The van der Waals surface area contributed by atoms with Crippen molar-refractivity contribution in [1.29, 1.82) is 0 Å². The van der Waals surface area contributed by atoms with E-state index in [-0.39, 0.29) is 24.1 Å². The lowest BCUT2D eigenvalue weighted by atomic mass is 10.1. The maximum Gasteiger partial charge on any atom is 0.224 e. The van der Waals surface area contributed by atoms with Gasteiger partial charge in [0.15, 0.2) is 0 Å². The molecule has 136 valence electrons. The van der Waals surface area contributed by atoms with Gasteiger partial charge in [0.25, 0.3) is 0 Å². The highest BCUT2D eigenvalue weighted by Gasteiger charge is 2.20. The van der Waals surface area contributed by atoms with Gasteiger partial charge in [0.2, 0.25) is 5.91 Å². The summed E-state index contributed by atoms with van der Waals surface area (Å²) in [4.78, 5) is 11.5.